The first-order valence-corrected chi connectivity index (χ1v) is 6.63. The Morgan fingerprint density at radius 1 is 1.33 bits per heavy atom. The molecule has 2 atom stereocenters. The minimum absolute atomic E-state index is 0.114. The monoisotopic (exact) mass is 258 g/mol. The van der Waals surface area contributed by atoms with Gasteiger partial charge in [-0.1, -0.05) is 26.7 Å². The standard InChI is InChI=1S/C13H26N2O3/c1-5-7-8-10(3)15-12(18)14-9-13(4,6-2)11(16)17/h10H,5-9H2,1-4H3,(H,16,17)(H2,14,15,18). The number of rotatable bonds is 8. The lowest BCUT2D eigenvalue weighted by molar-refractivity contribution is -0.147. The molecule has 0 aliphatic heterocycles. The highest BCUT2D eigenvalue weighted by Crippen LogP contribution is 2.19. The molecule has 0 bridgehead atoms. The maximum atomic E-state index is 11.6. The summed E-state index contributed by atoms with van der Waals surface area (Å²) in [7, 11) is 0. The van der Waals surface area contributed by atoms with Crippen molar-refractivity contribution < 1.29 is 14.7 Å². The van der Waals surface area contributed by atoms with E-state index < -0.39 is 11.4 Å². The van der Waals surface area contributed by atoms with Gasteiger partial charge in [-0.05, 0) is 26.7 Å². The number of carbonyl (C=O) groups excluding carboxylic acids is 1. The molecule has 3 N–H and O–H groups in total. The van der Waals surface area contributed by atoms with Gasteiger partial charge in [0.25, 0.3) is 0 Å². The molecule has 0 aromatic heterocycles. The van der Waals surface area contributed by atoms with E-state index in [1.165, 1.54) is 0 Å². The highest BCUT2D eigenvalue weighted by molar-refractivity contribution is 5.77. The molecule has 0 aromatic carbocycles. The smallest absolute Gasteiger partial charge is 0.315 e. The van der Waals surface area contributed by atoms with E-state index in [9.17, 15) is 9.59 Å². The van der Waals surface area contributed by atoms with Crippen LogP contribution in [0, 0.1) is 5.41 Å². The zero-order valence-electron chi connectivity index (χ0n) is 11.9. The first kappa shape index (κ1) is 16.7. The van der Waals surface area contributed by atoms with Gasteiger partial charge < -0.3 is 15.7 Å². The summed E-state index contributed by atoms with van der Waals surface area (Å²) in [5.41, 5.74) is -0.899. The van der Waals surface area contributed by atoms with Crippen LogP contribution < -0.4 is 10.6 Å². The first-order chi connectivity index (χ1) is 8.35. The van der Waals surface area contributed by atoms with Crippen LogP contribution in [0.1, 0.15) is 53.4 Å². The fraction of sp³-hybridized carbons (Fsp3) is 0.846. The first-order valence-electron chi connectivity index (χ1n) is 6.63. The number of carbonyl (C=O) groups is 2. The molecule has 0 aromatic rings. The van der Waals surface area contributed by atoms with E-state index in [0.29, 0.717) is 6.42 Å². The average molecular weight is 258 g/mol. The molecular formula is C13H26N2O3. The SMILES string of the molecule is CCCCC(C)NC(=O)NCC(C)(CC)C(=O)O. The Morgan fingerprint density at radius 2 is 1.94 bits per heavy atom. The lowest BCUT2D eigenvalue weighted by atomic mass is 9.88. The number of carboxylic acid groups (broad SMARTS) is 1. The van der Waals surface area contributed by atoms with Crippen molar-refractivity contribution >= 4 is 12.0 Å². The second kappa shape index (κ2) is 7.95. The molecule has 2 amide bonds. The summed E-state index contributed by atoms with van der Waals surface area (Å²) in [6.45, 7) is 7.64. The molecule has 2 unspecified atom stereocenters. The fourth-order valence-electron chi connectivity index (χ4n) is 1.48. The summed E-state index contributed by atoms with van der Waals surface area (Å²) in [6, 6.07) is -0.179. The molecule has 5 nitrogen and oxygen atoms in total. The second-order valence-corrected chi connectivity index (χ2v) is 5.09. The number of nitrogens with one attached hydrogen (secondary N) is 2. The lowest BCUT2D eigenvalue weighted by Crippen LogP contribution is -2.46. The Kier molecular flexibility index (Phi) is 7.39. The van der Waals surface area contributed by atoms with E-state index in [-0.39, 0.29) is 18.6 Å². The molecule has 0 spiro atoms. The Balaban J connectivity index is 4.06. The van der Waals surface area contributed by atoms with Crippen LogP contribution in [0.25, 0.3) is 0 Å². The molecule has 0 rings (SSSR count). The Hall–Kier alpha value is -1.26. The molecule has 106 valence electrons. The quantitative estimate of drug-likeness (QED) is 0.625. The van der Waals surface area contributed by atoms with E-state index in [4.69, 9.17) is 5.11 Å². The van der Waals surface area contributed by atoms with Gasteiger partial charge in [0.05, 0.1) is 5.41 Å². The van der Waals surface area contributed by atoms with Gasteiger partial charge in [-0.25, -0.2) is 4.79 Å². The third-order valence-corrected chi connectivity index (χ3v) is 3.30. The molecule has 0 radical (unpaired) electrons. The maximum Gasteiger partial charge on any atom is 0.315 e. The van der Waals surface area contributed by atoms with E-state index in [1.807, 2.05) is 6.92 Å². The van der Waals surface area contributed by atoms with E-state index in [2.05, 4.69) is 17.6 Å². The van der Waals surface area contributed by atoms with Crippen LogP contribution in [-0.2, 0) is 4.79 Å². The van der Waals surface area contributed by atoms with Gasteiger partial charge in [-0.15, -0.1) is 0 Å². The maximum absolute atomic E-state index is 11.6. The minimum atomic E-state index is -0.899. The molecule has 0 aliphatic rings. The van der Waals surface area contributed by atoms with E-state index in [0.717, 1.165) is 19.3 Å². The number of urea groups is 1. The molecule has 5 heteroatoms. The predicted molar refractivity (Wildman–Crippen MR) is 71.6 cm³/mol. The van der Waals surface area contributed by atoms with Crippen LogP contribution >= 0.6 is 0 Å². The number of carboxylic acids is 1. The van der Waals surface area contributed by atoms with Crippen LogP contribution in [-0.4, -0.2) is 29.7 Å². The Morgan fingerprint density at radius 3 is 2.39 bits per heavy atom. The van der Waals surface area contributed by atoms with Crippen molar-refractivity contribution in [2.45, 2.75) is 59.4 Å². The van der Waals surface area contributed by atoms with Crippen LogP contribution in [0.3, 0.4) is 0 Å². The summed E-state index contributed by atoms with van der Waals surface area (Å²) in [6.07, 6.45) is 3.59. The Bertz CT molecular complexity index is 281. The summed E-state index contributed by atoms with van der Waals surface area (Å²) >= 11 is 0. The van der Waals surface area contributed by atoms with Gasteiger partial charge in [-0.2, -0.15) is 0 Å². The average Bonchev–Trinajstić information content (AvgIpc) is 2.33. The van der Waals surface area contributed by atoms with Crippen LogP contribution in [0.15, 0.2) is 0 Å². The number of aliphatic carboxylic acids is 1. The Labute approximate surface area is 109 Å². The molecule has 0 saturated heterocycles. The number of hydrogen-bond acceptors (Lipinski definition) is 2. The normalized spacial score (nSPS) is 15.6. The highest BCUT2D eigenvalue weighted by Gasteiger charge is 2.31. The zero-order chi connectivity index (χ0) is 14.2. The topological polar surface area (TPSA) is 78.4 Å². The van der Waals surface area contributed by atoms with Crippen molar-refractivity contribution in [3.63, 3.8) is 0 Å². The molecule has 0 heterocycles. The number of amides is 2. The fourth-order valence-corrected chi connectivity index (χ4v) is 1.48. The van der Waals surface area contributed by atoms with Crippen molar-refractivity contribution in [2.75, 3.05) is 6.54 Å². The minimum Gasteiger partial charge on any atom is -0.481 e. The van der Waals surface area contributed by atoms with Crippen molar-refractivity contribution in [1.29, 1.82) is 0 Å². The largest absolute Gasteiger partial charge is 0.481 e. The molecular weight excluding hydrogens is 232 g/mol. The van der Waals surface area contributed by atoms with Gasteiger partial charge in [-0.3, -0.25) is 4.79 Å². The van der Waals surface area contributed by atoms with Gasteiger partial charge >= 0.3 is 12.0 Å². The lowest BCUT2D eigenvalue weighted by Gasteiger charge is -2.24. The summed E-state index contributed by atoms with van der Waals surface area (Å²) in [4.78, 5) is 22.6. The van der Waals surface area contributed by atoms with Crippen LogP contribution in [0.2, 0.25) is 0 Å². The number of hydrogen-bond donors (Lipinski definition) is 3. The molecule has 18 heavy (non-hydrogen) atoms. The van der Waals surface area contributed by atoms with Gasteiger partial charge in [0.15, 0.2) is 0 Å². The van der Waals surface area contributed by atoms with Crippen molar-refractivity contribution in [1.82, 2.24) is 10.6 Å². The molecule has 0 saturated carbocycles. The van der Waals surface area contributed by atoms with E-state index in [1.54, 1.807) is 13.8 Å². The molecule has 0 aliphatic carbocycles. The van der Waals surface area contributed by atoms with E-state index >= 15 is 0 Å². The van der Waals surface area contributed by atoms with Crippen molar-refractivity contribution in [3.8, 4) is 0 Å². The van der Waals surface area contributed by atoms with Crippen molar-refractivity contribution in [3.05, 3.63) is 0 Å². The summed E-state index contributed by atoms with van der Waals surface area (Å²) < 4.78 is 0. The number of unbranched alkanes of at least 4 members (excludes halogenated alkanes) is 1. The van der Waals surface area contributed by atoms with Crippen LogP contribution in [0.5, 0.6) is 0 Å². The second-order valence-electron chi connectivity index (χ2n) is 5.09. The molecule has 0 fully saturated rings. The predicted octanol–water partition coefficient (Wildman–Crippen LogP) is 2.37. The summed E-state index contributed by atoms with van der Waals surface area (Å²) in [5.74, 6) is -0.885. The van der Waals surface area contributed by atoms with Gasteiger partial charge in [0.2, 0.25) is 0 Å². The van der Waals surface area contributed by atoms with Crippen LogP contribution in [0.4, 0.5) is 4.79 Å². The van der Waals surface area contributed by atoms with Gasteiger partial charge in [0.1, 0.15) is 0 Å². The van der Waals surface area contributed by atoms with Gasteiger partial charge in [0, 0.05) is 12.6 Å². The zero-order valence-corrected chi connectivity index (χ0v) is 11.9. The highest BCUT2D eigenvalue weighted by atomic mass is 16.4. The third kappa shape index (κ3) is 5.89. The summed E-state index contributed by atoms with van der Waals surface area (Å²) in [5, 5.41) is 14.5. The third-order valence-electron chi connectivity index (χ3n) is 3.30. The van der Waals surface area contributed by atoms with Crippen molar-refractivity contribution in [2.24, 2.45) is 5.41 Å².